The minimum atomic E-state index is -0.473. The molecule has 1 aromatic rings. The molecule has 0 radical (unpaired) electrons. The van der Waals surface area contributed by atoms with Gasteiger partial charge in [0.1, 0.15) is 11.9 Å². The van der Waals surface area contributed by atoms with Crippen molar-refractivity contribution >= 4 is 11.7 Å². The van der Waals surface area contributed by atoms with Crippen LogP contribution in [0.15, 0.2) is 47.5 Å². The molecule has 2 N–H and O–H groups in total. The number of amides is 1. The van der Waals surface area contributed by atoms with E-state index in [1.165, 1.54) is 11.1 Å². The predicted octanol–water partition coefficient (Wildman–Crippen LogP) is 3.04. The Kier molecular flexibility index (Phi) is 4.58. The van der Waals surface area contributed by atoms with Crippen LogP contribution in [0.4, 0.5) is 0 Å². The number of methoxy groups -OCH3 is 1. The van der Waals surface area contributed by atoms with Gasteiger partial charge in [-0.1, -0.05) is 13.0 Å². The minimum absolute atomic E-state index is 0.00550. The summed E-state index contributed by atoms with van der Waals surface area (Å²) in [4.78, 5) is 28.7. The van der Waals surface area contributed by atoms with E-state index in [9.17, 15) is 9.59 Å². The van der Waals surface area contributed by atoms with Gasteiger partial charge in [0.15, 0.2) is 5.78 Å². The number of carbonyl (C=O) groups is 2. The zero-order valence-corrected chi connectivity index (χ0v) is 17.5. The van der Waals surface area contributed by atoms with Gasteiger partial charge in [-0.2, -0.15) is 0 Å². The van der Waals surface area contributed by atoms with Crippen LogP contribution in [0, 0.1) is 17.3 Å². The van der Waals surface area contributed by atoms with Crippen LogP contribution >= 0.6 is 0 Å². The van der Waals surface area contributed by atoms with E-state index < -0.39 is 11.8 Å². The molecule has 6 nitrogen and oxygen atoms in total. The molecule has 6 heteroatoms. The summed E-state index contributed by atoms with van der Waals surface area (Å²) in [6, 6.07) is 4.13. The largest absolute Gasteiger partial charge is 0.489 e. The lowest BCUT2D eigenvalue weighted by molar-refractivity contribution is -0.127. The van der Waals surface area contributed by atoms with Crippen molar-refractivity contribution in [1.82, 2.24) is 4.98 Å². The number of hydrogen-bond donors (Lipinski definition) is 1. The number of primary amides is 1. The van der Waals surface area contributed by atoms with Crippen LogP contribution in [0.2, 0.25) is 0 Å². The molecule has 4 aliphatic rings. The van der Waals surface area contributed by atoms with E-state index in [0.717, 1.165) is 19.3 Å². The van der Waals surface area contributed by atoms with Crippen molar-refractivity contribution < 1.29 is 19.1 Å². The topological polar surface area (TPSA) is 91.5 Å². The first-order chi connectivity index (χ1) is 14.4. The van der Waals surface area contributed by atoms with E-state index in [-0.39, 0.29) is 41.7 Å². The summed E-state index contributed by atoms with van der Waals surface area (Å²) in [5.41, 5.74) is 8.56. The van der Waals surface area contributed by atoms with E-state index in [2.05, 4.69) is 18.0 Å². The predicted molar refractivity (Wildman–Crippen MR) is 110 cm³/mol. The number of ketones is 1. The van der Waals surface area contributed by atoms with E-state index in [1.54, 1.807) is 13.3 Å². The lowest BCUT2D eigenvalue weighted by Crippen LogP contribution is -2.44. The molecule has 30 heavy (non-hydrogen) atoms. The Morgan fingerprint density at radius 1 is 1.37 bits per heavy atom. The van der Waals surface area contributed by atoms with Crippen LogP contribution in [-0.2, 0) is 19.1 Å². The molecule has 0 aromatic carbocycles. The molecule has 1 unspecified atom stereocenters. The highest BCUT2D eigenvalue weighted by Crippen LogP contribution is 2.62. The third-order valence-corrected chi connectivity index (χ3v) is 7.91. The summed E-state index contributed by atoms with van der Waals surface area (Å²) in [5, 5.41) is 0. The third kappa shape index (κ3) is 2.84. The maximum Gasteiger partial charge on any atom is 0.221 e. The summed E-state index contributed by atoms with van der Waals surface area (Å²) in [6.45, 7) is 2.34. The first-order valence-corrected chi connectivity index (χ1v) is 10.8. The second-order valence-electron chi connectivity index (χ2n) is 9.41. The molecule has 2 fully saturated rings. The number of ether oxygens (including phenoxy) is 2. The molecule has 0 bridgehead atoms. The first-order valence-electron chi connectivity index (χ1n) is 10.8. The number of nitrogens with two attached hydrogens (primary N) is 1. The van der Waals surface area contributed by atoms with Gasteiger partial charge < -0.3 is 15.2 Å². The summed E-state index contributed by atoms with van der Waals surface area (Å²) in [6.07, 6.45) is 9.21. The zero-order valence-electron chi connectivity index (χ0n) is 17.5. The second kappa shape index (κ2) is 7.05. The number of nitrogens with zero attached hydrogens (tertiary/aromatic N) is 1. The van der Waals surface area contributed by atoms with Crippen LogP contribution in [0.1, 0.15) is 50.5 Å². The van der Waals surface area contributed by atoms with Gasteiger partial charge >= 0.3 is 0 Å². The van der Waals surface area contributed by atoms with Crippen LogP contribution < -0.4 is 5.73 Å². The average Bonchev–Trinajstić information content (AvgIpc) is 3.06. The Bertz CT molecular complexity index is 953. The standard InChI is InChI=1S/C24H28N2O4/c1-24-6-5-13-8-16-18(27)9-15(23(25)28)10-19(16)30-22(13)17(24)11-20(29-2)21(24)14-4-3-7-26-12-14/h3-4,7-8,12,15,17,20-22H,5-6,9-11H2,1-2H3,(H2,25,28)/t15?,17-,20+,21-,22+,24-/m0/s1. The molecular formula is C24H28N2O4. The van der Waals surface area contributed by atoms with Crippen LogP contribution in [-0.4, -0.2) is 36.0 Å². The van der Waals surface area contributed by atoms with Gasteiger partial charge in [-0.25, -0.2) is 0 Å². The number of hydrogen-bond acceptors (Lipinski definition) is 5. The Balaban J connectivity index is 1.49. The van der Waals surface area contributed by atoms with E-state index in [0.29, 0.717) is 17.8 Å². The first kappa shape index (κ1) is 19.5. The quantitative estimate of drug-likeness (QED) is 0.830. The summed E-state index contributed by atoms with van der Waals surface area (Å²) in [7, 11) is 1.78. The average molecular weight is 408 g/mol. The van der Waals surface area contributed by atoms with Crippen LogP contribution in [0.5, 0.6) is 0 Å². The van der Waals surface area contributed by atoms with Crippen LogP contribution in [0.3, 0.4) is 0 Å². The SMILES string of the molecule is CO[C@@H]1C[C@H]2[C@@H]3OC4=C(C=C3CC[C@]2(C)[C@H]1c1cccnc1)C(=O)CC(C(N)=O)C4. The third-order valence-electron chi connectivity index (χ3n) is 7.91. The molecule has 2 heterocycles. The van der Waals surface area contributed by atoms with E-state index in [1.807, 2.05) is 18.3 Å². The minimum Gasteiger partial charge on any atom is -0.489 e. The van der Waals surface area contributed by atoms with Crippen molar-refractivity contribution in [1.29, 1.82) is 0 Å². The molecule has 6 atom stereocenters. The van der Waals surface area contributed by atoms with Gasteiger partial charge in [0.25, 0.3) is 0 Å². The van der Waals surface area contributed by atoms with Gasteiger partial charge in [-0.05, 0) is 48.0 Å². The Labute approximate surface area is 176 Å². The maximum atomic E-state index is 12.6. The van der Waals surface area contributed by atoms with E-state index >= 15 is 0 Å². The summed E-state index contributed by atoms with van der Waals surface area (Å²) >= 11 is 0. The number of aromatic nitrogens is 1. The number of fused-ring (bicyclic) bond motifs is 3. The number of allylic oxidation sites excluding steroid dienone is 3. The fourth-order valence-corrected chi connectivity index (χ4v) is 6.34. The molecule has 1 aromatic heterocycles. The molecule has 0 spiro atoms. The normalized spacial score (nSPS) is 37.6. The molecule has 0 saturated heterocycles. The maximum absolute atomic E-state index is 12.6. The van der Waals surface area contributed by atoms with Crippen molar-refractivity contribution in [2.75, 3.05) is 7.11 Å². The Morgan fingerprint density at radius 2 is 2.20 bits per heavy atom. The van der Waals surface area contributed by atoms with Gasteiger partial charge in [0.05, 0.1) is 17.6 Å². The van der Waals surface area contributed by atoms with Gasteiger partial charge in [-0.15, -0.1) is 0 Å². The van der Waals surface area contributed by atoms with Crippen LogP contribution in [0.25, 0.3) is 0 Å². The molecule has 2 saturated carbocycles. The number of carbonyl (C=O) groups excluding carboxylic acids is 2. The van der Waals surface area contributed by atoms with Crippen molar-refractivity contribution in [3.05, 3.63) is 53.1 Å². The fraction of sp³-hybridized carbons (Fsp3) is 0.542. The lowest BCUT2D eigenvalue weighted by atomic mass is 9.61. The molecule has 1 amide bonds. The Morgan fingerprint density at radius 3 is 2.90 bits per heavy atom. The monoisotopic (exact) mass is 408 g/mol. The summed E-state index contributed by atoms with van der Waals surface area (Å²) in [5.74, 6) is 0.220. The molecule has 3 aliphatic carbocycles. The smallest absolute Gasteiger partial charge is 0.221 e. The number of Topliss-reactive ketones (excluding diaryl/α,β-unsaturated/α-hetero) is 1. The van der Waals surface area contributed by atoms with Gasteiger partial charge in [0, 0.05) is 44.2 Å². The molecule has 1 aliphatic heterocycles. The number of pyridine rings is 1. The van der Waals surface area contributed by atoms with E-state index in [4.69, 9.17) is 15.2 Å². The fourth-order valence-electron chi connectivity index (χ4n) is 6.34. The molecule has 5 rings (SSSR count). The highest BCUT2D eigenvalue weighted by atomic mass is 16.5. The molecular weight excluding hydrogens is 380 g/mol. The highest BCUT2D eigenvalue weighted by molar-refractivity contribution is 6.02. The second-order valence-corrected chi connectivity index (χ2v) is 9.41. The van der Waals surface area contributed by atoms with Crippen molar-refractivity contribution in [3.63, 3.8) is 0 Å². The van der Waals surface area contributed by atoms with Crippen molar-refractivity contribution in [3.8, 4) is 0 Å². The van der Waals surface area contributed by atoms with Gasteiger partial charge in [0.2, 0.25) is 5.91 Å². The van der Waals surface area contributed by atoms with Gasteiger partial charge in [-0.3, -0.25) is 14.6 Å². The summed E-state index contributed by atoms with van der Waals surface area (Å²) < 4.78 is 12.5. The van der Waals surface area contributed by atoms with Crippen molar-refractivity contribution in [2.45, 2.75) is 57.2 Å². The molecule has 158 valence electrons. The Hall–Kier alpha value is -2.47. The highest BCUT2D eigenvalue weighted by Gasteiger charge is 2.59. The van der Waals surface area contributed by atoms with Crippen molar-refractivity contribution in [2.24, 2.45) is 23.0 Å². The zero-order chi connectivity index (χ0) is 21.0. The lowest BCUT2D eigenvalue weighted by Gasteiger charge is -2.48. The number of rotatable bonds is 3.